The molecule has 0 saturated carbocycles. The van der Waals surface area contributed by atoms with E-state index in [9.17, 15) is 0 Å². The fraction of sp³-hybridized carbons (Fsp3) is 0.500. The largest absolute Gasteiger partial charge is 0.347 e. The van der Waals surface area contributed by atoms with E-state index in [2.05, 4.69) is 66.0 Å². The van der Waals surface area contributed by atoms with E-state index in [0.717, 1.165) is 24.3 Å². The topological polar surface area (TPSA) is 45.2 Å². The van der Waals surface area contributed by atoms with Crippen LogP contribution in [-0.2, 0) is 0 Å². The van der Waals surface area contributed by atoms with Gasteiger partial charge in [-0.15, -0.1) is 0 Å². The Morgan fingerprint density at radius 1 is 1.09 bits per heavy atom. The lowest BCUT2D eigenvalue weighted by atomic mass is 9.85. The van der Waals surface area contributed by atoms with Gasteiger partial charge in [0.05, 0.1) is 6.04 Å². The van der Waals surface area contributed by atoms with Crippen LogP contribution in [-0.4, -0.2) is 35.6 Å². The minimum Gasteiger partial charge on any atom is -0.347 e. The van der Waals surface area contributed by atoms with Crippen LogP contribution in [0.4, 0.5) is 11.9 Å². The predicted octanol–water partition coefficient (Wildman–Crippen LogP) is 3.26. The summed E-state index contributed by atoms with van der Waals surface area (Å²) >= 11 is 0. The molecule has 0 bridgehead atoms. The Hall–Kier alpha value is -2.17. The summed E-state index contributed by atoms with van der Waals surface area (Å²) in [6, 6.07) is 11.0. The molecule has 3 rings (SSSR count). The van der Waals surface area contributed by atoms with Crippen LogP contribution in [0, 0.1) is 5.92 Å². The molecule has 1 aliphatic heterocycles. The Bertz CT molecular complexity index is 642. The maximum atomic E-state index is 4.72. The first kappa shape index (κ1) is 15.7. The molecule has 2 atom stereocenters. The number of hydrogen-bond acceptors (Lipinski definition) is 5. The third-order valence-electron chi connectivity index (χ3n) is 4.30. The van der Waals surface area contributed by atoms with Gasteiger partial charge in [0.15, 0.2) is 0 Å². The molecule has 1 aromatic carbocycles. The zero-order chi connectivity index (χ0) is 16.6. The van der Waals surface area contributed by atoms with Gasteiger partial charge < -0.3 is 9.80 Å². The second-order valence-electron chi connectivity index (χ2n) is 6.83. The van der Waals surface area contributed by atoms with E-state index in [0.29, 0.717) is 12.0 Å². The normalized spacial score (nSPS) is 20.5. The summed E-state index contributed by atoms with van der Waals surface area (Å²) < 4.78 is 0. The van der Waals surface area contributed by atoms with Gasteiger partial charge in [-0.3, -0.25) is 0 Å². The Balaban J connectivity index is 1.97. The van der Waals surface area contributed by atoms with Crippen molar-refractivity contribution in [3.05, 3.63) is 41.7 Å². The van der Waals surface area contributed by atoms with Gasteiger partial charge in [0, 0.05) is 26.6 Å². The second-order valence-corrected chi connectivity index (χ2v) is 6.83. The minimum atomic E-state index is 0.282. The van der Waals surface area contributed by atoms with Crippen molar-refractivity contribution in [2.24, 2.45) is 5.92 Å². The standard InChI is InChI=1S/C18H25N5/c1-12(2)16-19-17(22(4)5)21-18(20-16)23-11-13(3)15(23)14-9-7-6-8-10-14/h6-10,12-13,15H,11H2,1-5H3/t13-,15-/m0/s1. The van der Waals surface area contributed by atoms with Crippen LogP contribution in [0.15, 0.2) is 30.3 Å². The van der Waals surface area contributed by atoms with Crippen LogP contribution in [0.5, 0.6) is 0 Å². The molecule has 2 aromatic rings. The van der Waals surface area contributed by atoms with Gasteiger partial charge >= 0.3 is 0 Å². The molecule has 0 unspecified atom stereocenters. The first-order valence-corrected chi connectivity index (χ1v) is 8.22. The number of benzene rings is 1. The third kappa shape index (κ3) is 3.00. The van der Waals surface area contributed by atoms with Crippen molar-refractivity contribution < 1.29 is 0 Å². The molecule has 1 aliphatic rings. The summed E-state index contributed by atoms with van der Waals surface area (Å²) in [6.07, 6.45) is 0. The maximum absolute atomic E-state index is 4.72. The number of nitrogens with zero attached hydrogens (tertiary/aromatic N) is 5. The van der Waals surface area contributed by atoms with E-state index < -0.39 is 0 Å². The summed E-state index contributed by atoms with van der Waals surface area (Å²) in [6.45, 7) is 7.50. The average molecular weight is 311 g/mol. The molecule has 122 valence electrons. The summed E-state index contributed by atoms with van der Waals surface area (Å²) in [5, 5.41) is 0. The van der Waals surface area contributed by atoms with Gasteiger partial charge in [-0.2, -0.15) is 15.0 Å². The molecule has 1 saturated heterocycles. The van der Waals surface area contributed by atoms with Crippen LogP contribution >= 0.6 is 0 Å². The van der Waals surface area contributed by atoms with Gasteiger partial charge in [0.25, 0.3) is 0 Å². The molecule has 23 heavy (non-hydrogen) atoms. The molecule has 1 aromatic heterocycles. The Morgan fingerprint density at radius 3 is 2.35 bits per heavy atom. The van der Waals surface area contributed by atoms with Gasteiger partial charge in [-0.05, 0) is 11.5 Å². The molecule has 5 nitrogen and oxygen atoms in total. The third-order valence-corrected chi connectivity index (χ3v) is 4.30. The van der Waals surface area contributed by atoms with E-state index in [1.54, 1.807) is 0 Å². The van der Waals surface area contributed by atoms with E-state index in [-0.39, 0.29) is 5.92 Å². The average Bonchev–Trinajstić information content (AvgIpc) is 2.52. The molecular weight excluding hydrogens is 286 g/mol. The van der Waals surface area contributed by atoms with Crippen LogP contribution < -0.4 is 9.80 Å². The highest BCUT2D eigenvalue weighted by Gasteiger charge is 2.39. The van der Waals surface area contributed by atoms with Crippen LogP contribution in [0.1, 0.15) is 44.1 Å². The fourth-order valence-corrected chi connectivity index (χ4v) is 3.01. The van der Waals surface area contributed by atoms with Crippen molar-refractivity contribution in [1.29, 1.82) is 0 Å². The van der Waals surface area contributed by atoms with Crippen molar-refractivity contribution in [2.45, 2.75) is 32.7 Å². The molecule has 2 heterocycles. The summed E-state index contributed by atoms with van der Waals surface area (Å²) in [5.41, 5.74) is 1.32. The van der Waals surface area contributed by atoms with Crippen molar-refractivity contribution in [2.75, 3.05) is 30.4 Å². The smallest absolute Gasteiger partial charge is 0.230 e. The summed E-state index contributed by atoms with van der Waals surface area (Å²) in [5.74, 6) is 3.25. The monoisotopic (exact) mass is 311 g/mol. The molecule has 0 amide bonds. The number of aromatic nitrogens is 3. The lowest BCUT2D eigenvalue weighted by Gasteiger charge is -2.47. The highest BCUT2D eigenvalue weighted by molar-refractivity contribution is 5.45. The summed E-state index contributed by atoms with van der Waals surface area (Å²) in [7, 11) is 3.94. The number of hydrogen-bond donors (Lipinski definition) is 0. The van der Waals surface area contributed by atoms with E-state index in [4.69, 9.17) is 4.98 Å². The van der Waals surface area contributed by atoms with Crippen molar-refractivity contribution in [3.63, 3.8) is 0 Å². The quantitative estimate of drug-likeness (QED) is 0.867. The second kappa shape index (κ2) is 6.14. The van der Waals surface area contributed by atoms with Crippen LogP contribution in [0.3, 0.4) is 0 Å². The summed E-state index contributed by atoms with van der Waals surface area (Å²) in [4.78, 5) is 18.2. The molecule has 0 radical (unpaired) electrons. The SMILES string of the molecule is CC(C)c1nc(N(C)C)nc(N2C[C@H](C)[C@H]2c2ccccc2)n1. The molecule has 0 N–H and O–H groups in total. The van der Waals surface area contributed by atoms with E-state index in [1.807, 2.05) is 19.0 Å². The molecule has 5 heteroatoms. The molecule has 1 fully saturated rings. The first-order chi connectivity index (χ1) is 11.0. The van der Waals surface area contributed by atoms with Crippen molar-refractivity contribution >= 4 is 11.9 Å². The van der Waals surface area contributed by atoms with Gasteiger partial charge in [0.2, 0.25) is 11.9 Å². The van der Waals surface area contributed by atoms with E-state index >= 15 is 0 Å². The highest BCUT2D eigenvalue weighted by atomic mass is 15.4. The number of rotatable bonds is 4. The molecular formula is C18H25N5. The Labute approximate surface area is 138 Å². The van der Waals surface area contributed by atoms with E-state index in [1.165, 1.54) is 5.56 Å². The first-order valence-electron chi connectivity index (χ1n) is 8.22. The minimum absolute atomic E-state index is 0.282. The van der Waals surface area contributed by atoms with Gasteiger partial charge in [0.1, 0.15) is 5.82 Å². The lowest BCUT2D eigenvalue weighted by molar-refractivity contribution is 0.318. The van der Waals surface area contributed by atoms with Crippen LogP contribution in [0.2, 0.25) is 0 Å². The predicted molar refractivity (Wildman–Crippen MR) is 93.9 cm³/mol. The zero-order valence-electron chi connectivity index (χ0n) is 14.6. The van der Waals surface area contributed by atoms with Crippen LogP contribution in [0.25, 0.3) is 0 Å². The Morgan fingerprint density at radius 2 is 1.78 bits per heavy atom. The zero-order valence-corrected chi connectivity index (χ0v) is 14.6. The fourth-order valence-electron chi connectivity index (χ4n) is 3.01. The molecule has 0 aliphatic carbocycles. The van der Waals surface area contributed by atoms with Gasteiger partial charge in [-0.1, -0.05) is 51.1 Å². The maximum Gasteiger partial charge on any atom is 0.230 e. The van der Waals surface area contributed by atoms with Crippen molar-refractivity contribution in [3.8, 4) is 0 Å². The Kier molecular flexibility index (Phi) is 4.20. The highest BCUT2D eigenvalue weighted by Crippen LogP contribution is 2.40. The number of anilines is 2. The van der Waals surface area contributed by atoms with Gasteiger partial charge in [-0.25, -0.2) is 0 Å². The van der Waals surface area contributed by atoms with Crippen molar-refractivity contribution in [1.82, 2.24) is 15.0 Å². The lowest BCUT2D eigenvalue weighted by Crippen LogP contribution is -2.49. The molecule has 0 spiro atoms.